The van der Waals surface area contributed by atoms with E-state index in [0.29, 0.717) is 13.0 Å². The van der Waals surface area contributed by atoms with Crippen LogP contribution in [0.2, 0.25) is 0 Å². The molecule has 0 aliphatic heterocycles. The maximum atomic E-state index is 9.77. The fourth-order valence-electron chi connectivity index (χ4n) is 1.31. The molecule has 2 heteroatoms. The van der Waals surface area contributed by atoms with Crippen molar-refractivity contribution in [2.45, 2.75) is 26.4 Å². The summed E-state index contributed by atoms with van der Waals surface area (Å²) in [4.78, 5) is 0. The maximum absolute atomic E-state index is 9.77. The highest BCUT2D eigenvalue weighted by Gasteiger charge is 2.10. The largest absolute Gasteiger partial charge is 0.489 e. The van der Waals surface area contributed by atoms with Gasteiger partial charge >= 0.3 is 0 Å². The zero-order chi connectivity index (χ0) is 11.3. The standard InChI is InChI=1S/C13H18O2/c1-4-12(14)11-7-5-6-8-13(11)15-9-10(2)3/h5-8,12,14H,2,4,9H2,1,3H3/t12-/m0/s1. The Hall–Kier alpha value is -1.28. The van der Waals surface area contributed by atoms with Crippen molar-refractivity contribution in [2.24, 2.45) is 0 Å². The van der Waals surface area contributed by atoms with E-state index < -0.39 is 6.10 Å². The number of rotatable bonds is 5. The van der Waals surface area contributed by atoms with Gasteiger partial charge in [0.1, 0.15) is 12.4 Å². The Balaban J connectivity index is 2.81. The van der Waals surface area contributed by atoms with Crippen molar-refractivity contribution >= 4 is 0 Å². The van der Waals surface area contributed by atoms with Crippen molar-refractivity contribution in [3.63, 3.8) is 0 Å². The summed E-state index contributed by atoms with van der Waals surface area (Å²) in [6.45, 7) is 8.13. The second-order valence-corrected chi connectivity index (χ2v) is 3.71. The molecule has 0 saturated carbocycles. The number of hydrogen-bond donors (Lipinski definition) is 1. The topological polar surface area (TPSA) is 29.5 Å². The Labute approximate surface area is 91.2 Å². The van der Waals surface area contributed by atoms with Crippen LogP contribution in [0.5, 0.6) is 5.75 Å². The van der Waals surface area contributed by atoms with E-state index in [1.807, 2.05) is 38.1 Å². The fourth-order valence-corrected chi connectivity index (χ4v) is 1.31. The van der Waals surface area contributed by atoms with Crippen LogP contribution in [-0.2, 0) is 0 Å². The maximum Gasteiger partial charge on any atom is 0.125 e. The van der Waals surface area contributed by atoms with Gasteiger partial charge in [0.2, 0.25) is 0 Å². The molecule has 0 spiro atoms. The average molecular weight is 206 g/mol. The van der Waals surface area contributed by atoms with Crippen LogP contribution in [0.3, 0.4) is 0 Å². The van der Waals surface area contributed by atoms with Gasteiger partial charge in [-0.05, 0) is 25.0 Å². The zero-order valence-corrected chi connectivity index (χ0v) is 9.36. The van der Waals surface area contributed by atoms with Gasteiger partial charge in [-0.25, -0.2) is 0 Å². The zero-order valence-electron chi connectivity index (χ0n) is 9.36. The Morgan fingerprint density at radius 2 is 2.13 bits per heavy atom. The SMILES string of the molecule is C=C(C)COc1ccccc1[C@@H](O)CC. The minimum atomic E-state index is -0.452. The first-order valence-electron chi connectivity index (χ1n) is 5.19. The molecular weight excluding hydrogens is 188 g/mol. The van der Waals surface area contributed by atoms with Gasteiger partial charge in [-0.15, -0.1) is 0 Å². The summed E-state index contributed by atoms with van der Waals surface area (Å²) in [6.07, 6.45) is 0.235. The van der Waals surface area contributed by atoms with E-state index in [0.717, 1.165) is 16.9 Å². The third-order valence-corrected chi connectivity index (χ3v) is 2.14. The molecule has 15 heavy (non-hydrogen) atoms. The fraction of sp³-hybridized carbons (Fsp3) is 0.385. The van der Waals surface area contributed by atoms with Gasteiger partial charge in [0.15, 0.2) is 0 Å². The Morgan fingerprint density at radius 1 is 1.47 bits per heavy atom. The van der Waals surface area contributed by atoms with Gasteiger partial charge in [0.25, 0.3) is 0 Å². The molecule has 0 heterocycles. The van der Waals surface area contributed by atoms with E-state index in [1.54, 1.807) is 0 Å². The van der Waals surface area contributed by atoms with Gasteiger partial charge in [-0.3, -0.25) is 0 Å². The summed E-state index contributed by atoms with van der Waals surface area (Å²) >= 11 is 0. The first kappa shape index (κ1) is 11.8. The Kier molecular flexibility index (Phi) is 4.37. The lowest BCUT2D eigenvalue weighted by Crippen LogP contribution is -2.03. The highest BCUT2D eigenvalue weighted by molar-refractivity contribution is 5.35. The van der Waals surface area contributed by atoms with E-state index in [4.69, 9.17) is 4.74 Å². The average Bonchev–Trinajstić information content (AvgIpc) is 2.25. The first-order valence-corrected chi connectivity index (χ1v) is 5.19. The van der Waals surface area contributed by atoms with Gasteiger partial charge in [-0.1, -0.05) is 31.7 Å². The number of benzene rings is 1. The molecule has 0 fully saturated rings. The number of aliphatic hydroxyl groups is 1. The van der Waals surface area contributed by atoms with Crippen molar-refractivity contribution in [1.29, 1.82) is 0 Å². The van der Waals surface area contributed by atoms with Crippen LogP contribution >= 0.6 is 0 Å². The van der Waals surface area contributed by atoms with Crippen molar-refractivity contribution in [1.82, 2.24) is 0 Å². The lowest BCUT2D eigenvalue weighted by molar-refractivity contribution is 0.168. The minimum absolute atomic E-state index is 0.452. The molecule has 2 nitrogen and oxygen atoms in total. The van der Waals surface area contributed by atoms with Crippen LogP contribution in [0.4, 0.5) is 0 Å². The van der Waals surface area contributed by atoms with E-state index >= 15 is 0 Å². The van der Waals surface area contributed by atoms with Gasteiger partial charge in [0.05, 0.1) is 6.10 Å². The third kappa shape index (κ3) is 3.40. The van der Waals surface area contributed by atoms with Crippen LogP contribution in [0.1, 0.15) is 31.9 Å². The van der Waals surface area contributed by atoms with Crippen molar-refractivity contribution in [3.05, 3.63) is 42.0 Å². The molecule has 0 amide bonds. The van der Waals surface area contributed by atoms with Crippen LogP contribution < -0.4 is 4.74 Å². The smallest absolute Gasteiger partial charge is 0.125 e. The molecule has 0 bridgehead atoms. The molecule has 1 aromatic carbocycles. The molecule has 82 valence electrons. The van der Waals surface area contributed by atoms with Crippen LogP contribution in [0.25, 0.3) is 0 Å². The molecule has 1 atom stereocenters. The van der Waals surface area contributed by atoms with E-state index in [2.05, 4.69) is 6.58 Å². The molecule has 0 radical (unpaired) electrons. The summed E-state index contributed by atoms with van der Waals surface area (Å²) in [6, 6.07) is 7.57. The molecule has 0 saturated heterocycles. The highest BCUT2D eigenvalue weighted by Crippen LogP contribution is 2.26. The van der Waals surface area contributed by atoms with Crippen molar-refractivity contribution in [3.8, 4) is 5.75 Å². The summed E-state index contributed by atoms with van der Waals surface area (Å²) in [5, 5.41) is 9.77. The molecule has 1 aromatic rings. The summed E-state index contributed by atoms with van der Waals surface area (Å²) in [7, 11) is 0. The number of para-hydroxylation sites is 1. The Bertz CT molecular complexity index is 331. The third-order valence-electron chi connectivity index (χ3n) is 2.14. The van der Waals surface area contributed by atoms with Crippen molar-refractivity contribution < 1.29 is 9.84 Å². The van der Waals surface area contributed by atoms with Gasteiger partial charge in [0, 0.05) is 5.56 Å². The molecule has 1 rings (SSSR count). The summed E-state index contributed by atoms with van der Waals surface area (Å²) < 4.78 is 5.56. The molecular formula is C13H18O2. The van der Waals surface area contributed by atoms with Gasteiger partial charge < -0.3 is 9.84 Å². The van der Waals surface area contributed by atoms with Crippen LogP contribution in [0, 0.1) is 0 Å². The van der Waals surface area contributed by atoms with Crippen LogP contribution in [0.15, 0.2) is 36.4 Å². The lowest BCUT2D eigenvalue weighted by Gasteiger charge is -2.14. The van der Waals surface area contributed by atoms with Gasteiger partial charge in [-0.2, -0.15) is 0 Å². The normalized spacial score (nSPS) is 12.2. The first-order chi connectivity index (χ1) is 7.15. The number of hydrogen-bond acceptors (Lipinski definition) is 2. The monoisotopic (exact) mass is 206 g/mol. The van der Waals surface area contributed by atoms with E-state index in [9.17, 15) is 5.11 Å². The second kappa shape index (κ2) is 5.56. The molecule has 0 aliphatic rings. The van der Waals surface area contributed by atoms with Crippen LogP contribution in [-0.4, -0.2) is 11.7 Å². The minimum Gasteiger partial charge on any atom is -0.489 e. The van der Waals surface area contributed by atoms with E-state index in [-0.39, 0.29) is 0 Å². The molecule has 0 unspecified atom stereocenters. The summed E-state index contributed by atoms with van der Waals surface area (Å²) in [5.74, 6) is 0.745. The highest BCUT2D eigenvalue weighted by atomic mass is 16.5. The predicted octanol–water partition coefficient (Wildman–Crippen LogP) is 3.08. The summed E-state index contributed by atoms with van der Waals surface area (Å²) in [5.41, 5.74) is 1.82. The second-order valence-electron chi connectivity index (χ2n) is 3.71. The molecule has 0 aromatic heterocycles. The lowest BCUT2D eigenvalue weighted by atomic mass is 10.1. The number of aliphatic hydroxyl groups excluding tert-OH is 1. The van der Waals surface area contributed by atoms with E-state index in [1.165, 1.54) is 0 Å². The molecule has 1 N–H and O–H groups in total. The predicted molar refractivity (Wildman–Crippen MR) is 62.0 cm³/mol. The Morgan fingerprint density at radius 3 is 2.73 bits per heavy atom. The molecule has 0 aliphatic carbocycles. The quantitative estimate of drug-likeness (QED) is 0.750. The number of ether oxygens (including phenoxy) is 1. The van der Waals surface area contributed by atoms with Crippen molar-refractivity contribution in [2.75, 3.05) is 6.61 Å².